The van der Waals surface area contributed by atoms with E-state index in [0.29, 0.717) is 5.82 Å². The smallest absolute Gasteiger partial charge is 0.339 e. The third-order valence-corrected chi connectivity index (χ3v) is 1.94. The number of rotatable bonds is 4. The van der Waals surface area contributed by atoms with Gasteiger partial charge in [0.05, 0.1) is 6.20 Å². The molecule has 2 heterocycles. The number of hydrogen-bond acceptors (Lipinski definition) is 6. The lowest BCUT2D eigenvalue weighted by atomic mass is 10.2. The lowest BCUT2D eigenvalue weighted by Gasteiger charge is -2.05. The quantitative estimate of drug-likeness (QED) is 0.845. The lowest BCUT2D eigenvalue weighted by Crippen LogP contribution is -2.04. The van der Waals surface area contributed by atoms with Gasteiger partial charge in [0.1, 0.15) is 5.56 Å². The minimum atomic E-state index is -1.08. The van der Waals surface area contributed by atoms with Crippen molar-refractivity contribution in [3.8, 4) is 5.75 Å². The molecule has 0 bridgehead atoms. The Kier molecular flexibility index (Phi) is 2.99. The number of ether oxygens (including phenoxy) is 1. The predicted octanol–water partition coefficient (Wildman–Crippen LogP) is 1.05. The second-order valence-electron chi connectivity index (χ2n) is 3.20. The molecule has 17 heavy (non-hydrogen) atoms. The van der Waals surface area contributed by atoms with Gasteiger partial charge in [-0.25, -0.2) is 4.79 Å². The Labute approximate surface area is 96.1 Å². The highest BCUT2D eigenvalue weighted by molar-refractivity contribution is 5.90. The van der Waals surface area contributed by atoms with Crippen LogP contribution < -0.4 is 4.74 Å². The number of carboxylic acid groups (broad SMARTS) is 1. The summed E-state index contributed by atoms with van der Waals surface area (Å²) >= 11 is 0. The first-order valence-electron chi connectivity index (χ1n) is 4.76. The number of carboxylic acids is 1. The lowest BCUT2D eigenvalue weighted by molar-refractivity contribution is 0.0690. The fourth-order valence-corrected chi connectivity index (χ4v) is 1.21. The normalized spacial score (nSPS) is 10.2. The van der Waals surface area contributed by atoms with Gasteiger partial charge in [0.2, 0.25) is 0 Å². The first-order valence-corrected chi connectivity index (χ1v) is 4.76. The van der Waals surface area contributed by atoms with Crippen molar-refractivity contribution in [1.29, 1.82) is 0 Å². The summed E-state index contributed by atoms with van der Waals surface area (Å²) in [7, 11) is 0. The summed E-state index contributed by atoms with van der Waals surface area (Å²) in [5.74, 6) is -0.143. The molecule has 0 atom stereocenters. The fraction of sp³-hybridized carbons (Fsp3) is 0.200. The SMILES string of the molecule is Cc1noc(COc2cnccc2C(=O)O)n1. The van der Waals surface area contributed by atoms with E-state index in [9.17, 15) is 4.79 Å². The van der Waals surface area contributed by atoms with E-state index >= 15 is 0 Å². The molecule has 0 radical (unpaired) electrons. The number of aromatic carboxylic acids is 1. The number of hydrogen-bond donors (Lipinski definition) is 1. The minimum Gasteiger partial charge on any atom is -0.481 e. The largest absolute Gasteiger partial charge is 0.481 e. The minimum absolute atomic E-state index is 0.00676. The van der Waals surface area contributed by atoms with Gasteiger partial charge in [0.25, 0.3) is 5.89 Å². The molecule has 88 valence electrons. The van der Waals surface area contributed by atoms with Crippen LogP contribution in [0.4, 0.5) is 0 Å². The zero-order valence-electron chi connectivity index (χ0n) is 8.95. The van der Waals surface area contributed by atoms with Crippen LogP contribution in [0, 0.1) is 6.92 Å². The van der Waals surface area contributed by atoms with E-state index in [4.69, 9.17) is 14.4 Å². The Bertz CT molecular complexity index is 538. The van der Waals surface area contributed by atoms with Crippen LogP contribution in [-0.4, -0.2) is 26.2 Å². The predicted molar refractivity (Wildman–Crippen MR) is 54.6 cm³/mol. The highest BCUT2D eigenvalue weighted by Gasteiger charge is 2.12. The van der Waals surface area contributed by atoms with E-state index in [1.54, 1.807) is 6.92 Å². The summed E-state index contributed by atoms with van der Waals surface area (Å²) in [6, 6.07) is 1.36. The van der Waals surface area contributed by atoms with Crippen LogP contribution in [-0.2, 0) is 6.61 Å². The zero-order chi connectivity index (χ0) is 12.3. The monoisotopic (exact) mass is 235 g/mol. The number of aryl methyl sites for hydroxylation is 1. The van der Waals surface area contributed by atoms with Gasteiger partial charge in [-0.3, -0.25) is 4.98 Å². The van der Waals surface area contributed by atoms with Crippen LogP contribution in [0.5, 0.6) is 5.75 Å². The van der Waals surface area contributed by atoms with E-state index in [2.05, 4.69) is 15.1 Å². The third kappa shape index (κ3) is 2.57. The summed E-state index contributed by atoms with van der Waals surface area (Å²) < 4.78 is 10.1. The van der Waals surface area contributed by atoms with Crippen molar-refractivity contribution in [2.24, 2.45) is 0 Å². The molecule has 0 aliphatic heterocycles. The molecular formula is C10H9N3O4. The Morgan fingerprint density at radius 2 is 2.41 bits per heavy atom. The van der Waals surface area contributed by atoms with Gasteiger partial charge in [-0.1, -0.05) is 5.16 Å². The zero-order valence-corrected chi connectivity index (χ0v) is 8.95. The molecule has 0 aliphatic carbocycles. The maximum atomic E-state index is 10.9. The third-order valence-electron chi connectivity index (χ3n) is 1.94. The van der Waals surface area contributed by atoms with E-state index in [-0.39, 0.29) is 23.8 Å². The Balaban J connectivity index is 2.11. The number of pyridine rings is 1. The molecule has 0 unspecified atom stereocenters. The molecule has 2 aromatic rings. The Hall–Kier alpha value is -2.44. The number of nitrogens with zero attached hydrogens (tertiary/aromatic N) is 3. The van der Waals surface area contributed by atoms with Crippen molar-refractivity contribution in [1.82, 2.24) is 15.1 Å². The fourth-order valence-electron chi connectivity index (χ4n) is 1.21. The van der Waals surface area contributed by atoms with E-state index in [1.165, 1.54) is 18.5 Å². The van der Waals surface area contributed by atoms with Crippen LogP contribution in [0.1, 0.15) is 22.1 Å². The van der Waals surface area contributed by atoms with Gasteiger partial charge < -0.3 is 14.4 Å². The molecule has 0 saturated heterocycles. The highest BCUT2D eigenvalue weighted by Crippen LogP contribution is 2.17. The van der Waals surface area contributed by atoms with Crippen molar-refractivity contribution < 1.29 is 19.2 Å². The summed E-state index contributed by atoms with van der Waals surface area (Å²) in [5, 5.41) is 12.5. The van der Waals surface area contributed by atoms with Crippen molar-refractivity contribution in [3.05, 3.63) is 35.7 Å². The van der Waals surface area contributed by atoms with Crippen molar-refractivity contribution >= 4 is 5.97 Å². The van der Waals surface area contributed by atoms with E-state index in [1.807, 2.05) is 0 Å². The van der Waals surface area contributed by atoms with Gasteiger partial charge in [-0.05, 0) is 13.0 Å². The van der Waals surface area contributed by atoms with Gasteiger partial charge in [0.15, 0.2) is 18.2 Å². The molecule has 2 rings (SSSR count). The van der Waals surface area contributed by atoms with Crippen molar-refractivity contribution in [2.45, 2.75) is 13.5 Å². The van der Waals surface area contributed by atoms with Gasteiger partial charge >= 0.3 is 5.97 Å². The van der Waals surface area contributed by atoms with Gasteiger partial charge in [-0.2, -0.15) is 4.98 Å². The van der Waals surface area contributed by atoms with Gasteiger partial charge in [0, 0.05) is 6.20 Å². The molecule has 0 amide bonds. The second-order valence-corrected chi connectivity index (χ2v) is 3.20. The highest BCUT2D eigenvalue weighted by atomic mass is 16.5. The van der Waals surface area contributed by atoms with Gasteiger partial charge in [-0.15, -0.1) is 0 Å². The maximum Gasteiger partial charge on any atom is 0.339 e. The first-order chi connectivity index (χ1) is 8.16. The van der Waals surface area contributed by atoms with E-state index < -0.39 is 5.97 Å². The summed E-state index contributed by atoms with van der Waals surface area (Å²) in [4.78, 5) is 18.6. The van der Waals surface area contributed by atoms with Crippen LogP contribution in [0.25, 0.3) is 0 Å². The van der Waals surface area contributed by atoms with Crippen LogP contribution >= 0.6 is 0 Å². The molecule has 0 aromatic carbocycles. The average molecular weight is 235 g/mol. The topological polar surface area (TPSA) is 98.3 Å². The molecule has 0 saturated carbocycles. The number of carbonyl (C=O) groups is 1. The Morgan fingerprint density at radius 1 is 1.59 bits per heavy atom. The molecule has 7 nitrogen and oxygen atoms in total. The van der Waals surface area contributed by atoms with Crippen LogP contribution in [0.2, 0.25) is 0 Å². The number of aromatic nitrogens is 3. The molecular weight excluding hydrogens is 226 g/mol. The molecule has 7 heteroatoms. The summed E-state index contributed by atoms with van der Waals surface area (Å²) in [6.45, 7) is 1.69. The first kappa shape index (κ1) is 11.1. The molecule has 0 fully saturated rings. The molecule has 2 aromatic heterocycles. The molecule has 0 spiro atoms. The van der Waals surface area contributed by atoms with Crippen LogP contribution in [0.3, 0.4) is 0 Å². The van der Waals surface area contributed by atoms with E-state index in [0.717, 1.165) is 0 Å². The average Bonchev–Trinajstić information content (AvgIpc) is 2.73. The summed E-state index contributed by atoms with van der Waals surface area (Å²) in [5.41, 5.74) is 0.0382. The molecule has 0 aliphatic rings. The summed E-state index contributed by atoms with van der Waals surface area (Å²) in [6.07, 6.45) is 2.71. The van der Waals surface area contributed by atoms with Crippen molar-refractivity contribution in [3.63, 3.8) is 0 Å². The Morgan fingerprint density at radius 3 is 3.06 bits per heavy atom. The maximum absolute atomic E-state index is 10.9. The molecule has 1 N–H and O–H groups in total. The standard InChI is InChI=1S/C10H9N3O4/c1-6-12-9(17-13-6)5-16-8-4-11-3-2-7(8)10(14)15/h2-4H,5H2,1H3,(H,14,15). The second kappa shape index (κ2) is 4.60. The van der Waals surface area contributed by atoms with Crippen molar-refractivity contribution in [2.75, 3.05) is 0 Å². The van der Waals surface area contributed by atoms with Crippen LogP contribution in [0.15, 0.2) is 23.0 Å².